The van der Waals surface area contributed by atoms with Crippen LogP contribution in [0.3, 0.4) is 0 Å². The van der Waals surface area contributed by atoms with E-state index in [0.717, 1.165) is 12.1 Å². The summed E-state index contributed by atoms with van der Waals surface area (Å²) in [5.74, 6) is -1.48. The molecule has 1 amide bonds. The molecule has 4 nitrogen and oxygen atoms in total. The van der Waals surface area contributed by atoms with Crippen molar-refractivity contribution in [1.29, 1.82) is 0 Å². The highest BCUT2D eigenvalue weighted by atomic mass is 19.1. The Balaban J connectivity index is 2.26. The average Bonchev–Trinajstić information content (AvgIpc) is 2.51. The topological polar surface area (TPSA) is 47.6 Å². The van der Waals surface area contributed by atoms with Crippen LogP contribution >= 0.6 is 0 Å². The Morgan fingerprint density at radius 2 is 1.82 bits per heavy atom. The van der Waals surface area contributed by atoms with Crippen LogP contribution in [0.2, 0.25) is 0 Å². The molecule has 2 aromatic carbocycles. The second-order valence-corrected chi connectivity index (χ2v) is 4.35. The molecule has 0 radical (unpaired) electrons. The Morgan fingerprint density at radius 3 is 2.41 bits per heavy atom. The summed E-state index contributed by atoms with van der Waals surface area (Å²) in [5, 5.41) is 2.21. The van der Waals surface area contributed by atoms with Crippen LogP contribution in [-0.2, 0) is 0 Å². The van der Waals surface area contributed by atoms with Crippen LogP contribution < -0.4 is 14.8 Å². The Kier molecular flexibility index (Phi) is 4.93. The Hall–Kier alpha value is -2.63. The normalized spacial score (nSPS) is 10.2. The summed E-state index contributed by atoms with van der Waals surface area (Å²) in [4.78, 5) is 12.1. The number of methoxy groups -OCH3 is 1. The summed E-state index contributed by atoms with van der Waals surface area (Å²) >= 11 is 0. The van der Waals surface area contributed by atoms with E-state index in [1.54, 1.807) is 6.07 Å². The molecule has 6 heteroatoms. The zero-order valence-electron chi connectivity index (χ0n) is 12.2. The summed E-state index contributed by atoms with van der Waals surface area (Å²) in [6.45, 7) is 2.27. The number of amides is 1. The number of anilines is 1. The van der Waals surface area contributed by atoms with Crippen LogP contribution in [0.25, 0.3) is 0 Å². The number of ether oxygens (including phenoxy) is 2. The van der Waals surface area contributed by atoms with Gasteiger partial charge in [0.15, 0.2) is 11.5 Å². The minimum absolute atomic E-state index is 0.197. The minimum Gasteiger partial charge on any atom is -0.493 e. The standard InChI is InChI=1S/C16H15F2NO3/c1-3-22-13-8-7-10(9-14(13)21-2)16(20)19-15-11(17)5-4-6-12(15)18/h4-9H,3H2,1-2H3,(H,19,20). The second-order valence-electron chi connectivity index (χ2n) is 4.35. The lowest BCUT2D eigenvalue weighted by Gasteiger charge is -2.11. The van der Waals surface area contributed by atoms with Gasteiger partial charge in [0.05, 0.1) is 13.7 Å². The van der Waals surface area contributed by atoms with Gasteiger partial charge in [-0.3, -0.25) is 4.79 Å². The monoisotopic (exact) mass is 307 g/mol. The van der Waals surface area contributed by atoms with Crippen LogP contribution in [0, 0.1) is 11.6 Å². The summed E-state index contributed by atoms with van der Waals surface area (Å²) < 4.78 is 37.5. The van der Waals surface area contributed by atoms with Gasteiger partial charge in [-0.05, 0) is 37.3 Å². The van der Waals surface area contributed by atoms with Crippen molar-refractivity contribution < 1.29 is 23.0 Å². The number of carbonyl (C=O) groups is 1. The Bertz CT molecular complexity index is 669. The first-order chi connectivity index (χ1) is 10.6. The second kappa shape index (κ2) is 6.89. The van der Waals surface area contributed by atoms with Gasteiger partial charge in [0.25, 0.3) is 5.91 Å². The zero-order valence-corrected chi connectivity index (χ0v) is 12.2. The molecule has 0 unspecified atom stereocenters. The predicted molar refractivity (Wildman–Crippen MR) is 78.5 cm³/mol. The van der Waals surface area contributed by atoms with E-state index in [-0.39, 0.29) is 5.56 Å². The van der Waals surface area contributed by atoms with Gasteiger partial charge in [-0.2, -0.15) is 0 Å². The molecule has 0 aliphatic heterocycles. The number of hydrogen-bond acceptors (Lipinski definition) is 3. The lowest BCUT2D eigenvalue weighted by molar-refractivity contribution is 0.102. The van der Waals surface area contributed by atoms with Gasteiger partial charge >= 0.3 is 0 Å². The molecular formula is C16H15F2NO3. The molecule has 22 heavy (non-hydrogen) atoms. The largest absolute Gasteiger partial charge is 0.493 e. The summed E-state index contributed by atoms with van der Waals surface area (Å²) in [6, 6.07) is 7.85. The first-order valence-electron chi connectivity index (χ1n) is 6.63. The highest BCUT2D eigenvalue weighted by molar-refractivity contribution is 6.04. The van der Waals surface area contributed by atoms with Gasteiger partial charge in [0.2, 0.25) is 0 Å². The van der Waals surface area contributed by atoms with Crippen LogP contribution in [0.4, 0.5) is 14.5 Å². The first kappa shape index (κ1) is 15.8. The lowest BCUT2D eigenvalue weighted by Crippen LogP contribution is -2.14. The van der Waals surface area contributed by atoms with Crippen molar-refractivity contribution in [2.45, 2.75) is 6.92 Å². The molecule has 0 atom stereocenters. The quantitative estimate of drug-likeness (QED) is 0.917. The van der Waals surface area contributed by atoms with E-state index in [1.807, 2.05) is 6.92 Å². The number of nitrogens with one attached hydrogen (secondary N) is 1. The van der Waals surface area contributed by atoms with Gasteiger partial charge in [0.1, 0.15) is 17.3 Å². The fourth-order valence-corrected chi connectivity index (χ4v) is 1.89. The van der Waals surface area contributed by atoms with Gasteiger partial charge in [0, 0.05) is 5.56 Å². The van der Waals surface area contributed by atoms with Gasteiger partial charge in [-0.25, -0.2) is 8.78 Å². The van der Waals surface area contributed by atoms with E-state index in [9.17, 15) is 13.6 Å². The number of hydrogen-bond donors (Lipinski definition) is 1. The summed E-state index contributed by atoms with van der Waals surface area (Å²) in [7, 11) is 1.44. The molecule has 116 valence electrons. The molecule has 0 aliphatic rings. The molecule has 0 saturated heterocycles. The number of para-hydroxylation sites is 1. The third kappa shape index (κ3) is 3.33. The van der Waals surface area contributed by atoms with Crippen LogP contribution in [0.15, 0.2) is 36.4 Å². The Labute approximate surface area is 126 Å². The van der Waals surface area contributed by atoms with Crippen molar-refractivity contribution >= 4 is 11.6 Å². The molecule has 2 aromatic rings. The van der Waals surface area contributed by atoms with E-state index in [0.29, 0.717) is 18.1 Å². The molecule has 0 spiro atoms. The molecule has 2 rings (SSSR count). The molecule has 0 aliphatic carbocycles. The van der Waals surface area contributed by atoms with E-state index in [4.69, 9.17) is 9.47 Å². The van der Waals surface area contributed by atoms with E-state index in [1.165, 1.54) is 25.3 Å². The third-order valence-corrected chi connectivity index (χ3v) is 2.93. The smallest absolute Gasteiger partial charge is 0.255 e. The van der Waals surface area contributed by atoms with Gasteiger partial charge in [-0.1, -0.05) is 6.07 Å². The van der Waals surface area contributed by atoms with E-state index >= 15 is 0 Å². The van der Waals surface area contributed by atoms with Gasteiger partial charge in [-0.15, -0.1) is 0 Å². The highest BCUT2D eigenvalue weighted by Crippen LogP contribution is 2.28. The van der Waals surface area contributed by atoms with Crippen LogP contribution in [0.5, 0.6) is 11.5 Å². The summed E-state index contributed by atoms with van der Waals surface area (Å²) in [6.07, 6.45) is 0. The third-order valence-electron chi connectivity index (χ3n) is 2.93. The minimum atomic E-state index is -0.841. The van der Waals surface area contributed by atoms with Crippen molar-refractivity contribution in [2.24, 2.45) is 0 Å². The number of halogens is 2. The van der Waals surface area contributed by atoms with Crippen molar-refractivity contribution in [3.05, 3.63) is 53.6 Å². The van der Waals surface area contributed by atoms with Gasteiger partial charge < -0.3 is 14.8 Å². The van der Waals surface area contributed by atoms with Crippen molar-refractivity contribution in [3.8, 4) is 11.5 Å². The maximum atomic E-state index is 13.5. The first-order valence-corrected chi connectivity index (χ1v) is 6.63. The predicted octanol–water partition coefficient (Wildman–Crippen LogP) is 3.62. The molecule has 1 N–H and O–H groups in total. The van der Waals surface area contributed by atoms with E-state index in [2.05, 4.69) is 5.32 Å². The highest BCUT2D eigenvalue weighted by Gasteiger charge is 2.15. The van der Waals surface area contributed by atoms with Crippen LogP contribution in [0.1, 0.15) is 17.3 Å². The van der Waals surface area contributed by atoms with Crippen molar-refractivity contribution in [2.75, 3.05) is 19.0 Å². The maximum Gasteiger partial charge on any atom is 0.255 e. The molecule has 0 aromatic heterocycles. The molecule has 0 heterocycles. The lowest BCUT2D eigenvalue weighted by atomic mass is 10.1. The maximum absolute atomic E-state index is 13.5. The SMILES string of the molecule is CCOc1ccc(C(=O)Nc2c(F)cccc2F)cc1OC. The molecule has 0 bridgehead atoms. The van der Waals surface area contributed by atoms with Crippen molar-refractivity contribution in [1.82, 2.24) is 0 Å². The zero-order chi connectivity index (χ0) is 16.1. The fourth-order valence-electron chi connectivity index (χ4n) is 1.89. The molecule has 0 saturated carbocycles. The van der Waals surface area contributed by atoms with Crippen LogP contribution in [-0.4, -0.2) is 19.6 Å². The fraction of sp³-hybridized carbons (Fsp3) is 0.188. The number of carbonyl (C=O) groups excluding carboxylic acids is 1. The average molecular weight is 307 g/mol. The molecule has 0 fully saturated rings. The van der Waals surface area contributed by atoms with E-state index < -0.39 is 23.2 Å². The number of benzene rings is 2. The summed E-state index contributed by atoms with van der Waals surface area (Å²) in [5.41, 5.74) is -0.289. The molecular weight excluding hydrogens is 292 g/mol. The van der Waals surface area contributed by atoms with Crippen molar-refractivity contribution in [3.63, 3.8) is 0 Å². The Morgan fingerprint density at radius 1 is 1.14 bits per heavy atom. The number of rotatable bonds is 5.